The van der Waals surface area contributed by atoms with Crippen LogP contribution in [0.5, 0.6) is 0 Å². The van der Waals surface area contributed by atoms with E-state index in [9.17, 15) is 14.0 Å². The van der Waals surface area contributed by atoms with Crippen LogP contribution in [0.2, 0.25) is 0 Å². The Morgan fingerprint density at radius 2 is 2.19 bits per heavy atom. The number of nitrogens with zero attached hydrogens (tertiary/aromatic N) is 4. The van der Waals surface area contributed by atoms with Crippen LogP contribution in [0.3, 0.4) is 0 Å². The van der Waals surface area contributed by atoms with E-state index in [0.29, 0.717) is 6.54 Å². The van der Waals surface area contributed by atoms with E-state index in [2.05, 4.69) is 36.8 Å². The number of rotatable bonds is 5. The molecule has 0 radical (unpaired) electrons. The van der Waals surface area contributed by atoms with Gasteiger partial charge in [-0.2, -0.15) is 10.4 Å². The smallest absolute Gasteiger partial charge is 0.275 e. The summed E-state index contributed by atoms with van der Waals surface area (Å²) in [5.74, 6) is -2.00. The van der Waals surface area contributed by atoms with Crippen molar-refractivity contribution in [2.24, 2.45) is 12.2 Å². The highest BCUT2D eigenvalue weighted by molar-refractivity contribution is 9.10. The minimum absolute atomic E-state index is 0.0262. The Labute approximate surface area is 161 Å². The summed E-state index contributed by atoms with van der Waals surface area (Å²) in [5, 5.41) is 30.0. The van der Waals surface area contributed by atoms with E-state index >= 15 is 0 Å². The third kappa shape index (κ3) is 4.12. The molecule has 0 aliphatic carbocycles. The molecular formula is C16H14BrFN6O3. The van der Waals surface area contributed by atoms with E-state index in [0.717, 1.165) is 6.07 Å². The zero-order chi connectivity index (χ0) is 20.1. The number of anilines is 1. The van der Waals surface area contributed by atoms with Crippen LogP contribution < -0.4 is 10.6 Å². The van der Waals surface area contributed by atoms with Crippen LogP contribution in [0, 0.1) is 17.1 Å². The SMILES string of the molecule is CCNC(=O)/C(=N/O)c1nn(C)c(C(=O)Nc2ccc(F)c(C#N)c2)c1Br. The van der Waals surface area contributed by atoms with Crippen molar-refractivity contribution in [1.29, 1.82) is 5.26 Å². The normalized spacial score (nSPS) is 11.0. The van der Waals surface area contributed by atoms with Gasteiger partial charge in [-0.05, 0) is 41.1 Å². The van der Waals surface area contributed by atoms with Gasteiger partial charge < -0.3 is 15.8 Å². The highest BCUT2D eigenvalue weighted by atomic mass is 79.9. The van der Waals surface area contributed by atoms with E-state index < -0.39 is 17.6 Å². The lowest BCUT2D eigenvalue weighted by atomic mass is 10.2. The Morgan fingerprint density at radius 1 is 1.48 bits per heavy atom. The van der Waals surface area contributed by atoms with Crippen LogP contribution in [-0.4, -0.2) is 39.1 Å². The molecule has 2 rings (SSSR count). The van der Waals surface area contributed by atoms with Gasteiger partial charge in [-0.3, -0.25) is 14.3 Å². The van der Waals surface area contributed by atoms with Gasteiger partial charge in [0.1, 0.15) is 23.3 Å². The maximum atomic E-state index is 13.4. The van der Waals surface area contributed by atoms with Gasteiger partial charge >= 0.3 is 0 Å². The van der Waals surface area contributed by atoms with E-state index in [-0.39, 0.29) is 32.8 Å². The summed E-state index contributed by atoms with van der Waals surface area (Å²) < 4.78 is 14.7. The molecule has 0 fully saturated rings. The zero-order valence-corrected chi connectivity index (χ0v) is 15.8. The van der Waals surface area contributed by atoms with Gasteiger partial charge in [0, 0.05) is 19.3 Å². The summed E-state index contributed by atoms with van der Waals surface area (Å²) in [4.78, 5) is 24.6. The Morgan fingerprint density at radius 3 is 2.78 bits per heavy atom. The number of benzene rings is 1. The lowest BCUT2D eigenvalue weighted by Gasteiger charge is -2.07. The fraction of sp³-hybridized carbons (Fsp3) is 0.188. The molecule has 0 unspecified atom stereocenters. The maximum absolute atomic E-state index is 13.4. The minimum Gasteiger partial charge on any atom is -0.410 e. The molecule has 9 nitrogen and oxygen atoms in total. The first kappa shape index (κ1) is 20.1. The van der Waals surface area contributed by atoms with Gasteiger partial charge in [-0.25, -0.2) is 4.39 Å². The number of carbonyl (C=O) groups is 2. The van der Waals surface area contributed by atoms with E-state index in [1.54, 1.807) is 13.0 Å². The number of hydrogen-bond acceptors (Lipinski definition) is 6. The van der Waals surface area contributed by atoms with Crippen molar-refractivity contribution >= 4 is 39.1 Å². The van der Waals surface area contributed by atoms with Crippen molar-refractivity contribution in [2.45, 2.75) is 6.92 Å². The van der Waals surface area contributed by atoms with E-state index in [4.69, 9.17) is 10.5 Å². The largest absolute Gasteiger partial charge is 0.410 e. The molecule has 0 aliphatic heterocycles. The van der Waals surface area contributed by atoms with Gasteiger partial charge in [-0.15, -0.1) is 0 Å². The number of carbonyl (C=O) groups excluding carboxylic acids is 2. The van der Waals surface area contributed by atoms with Gasteiger partial charge in [-0.1, -0.05) is 5.16 Å². The topological polar surface area (TPSA) is 132 Å². The quantitative estimate of drug-likeness (QED) is 0.373. The highest BCUT2D eigenvalue weighted by Gasteiger charge is 2.27. The zero-order valence-electron chi connectivity index (χ0n) is 14.2. The summed E-state index contributed by atoms with van der Waals surface area (Å²) in [6.07, 6.45) is 0. The molecule has 3 N–H and O–H groups in total. The van der Waals surface area contributed by atoms with Crippen LogP contribution >= 0.6 is 15.9 Å². The number of nitrogens with one attached hydrogen (secondary N) is 2. The number of aromatic nitrogens is 2. The van der Waals surface area contributed by atoms with E-state index in [1.807, 2.05) is 0 Å². The van der Waals surface area contributed by atoms with Crippen molar-refractivity contribution in [2.75, 3.05) is 11.9 Å². The van der Waals surface area contributed by atoms with Crippen LogP contribution in [0.4, 0.5) is 10.1 Å². The van der Waals surface area contributed by atoms with Crippen LogP contribution in [0.15, 0.2) is 27.8 Å². The Kier molecular flexibility index (Phi) is 6.25. The molecule has 0 spiro atoms. The third-order valence-electron chi connectivity index (χ3n) is 3.43. The fourth-order valence-electron chi connectivity index (χ4n) is 2.22. The summed E-state index contributed by atoms with van der Waals surface area (Å²) in [7, 11) is 1.46. The average Bonchev–Trinajstić information content (AvgIpc) is 2.92. The minimum atomic E-state index is -0.703. The number of aryl methyl sites for hydroxylation is 1. The first-order valence-electron chi connectivity index (χ1n) is 7.58. The first-order valence-corrected chi connectivity index (χ1v) is 8.37. The molecule has 1 aromatic carbocycles. The molecule has 1 heterocycles. The van der Waals surface area contributed by atoms with Crippen molar-refractivity contribution in [1.82, 2.24) is 15.1 Å². The summed E-state index contributed by atoms with van der Waals surface area (Å²) in [5.41, 5.74) is -0.394. The summed E-state index contributed by atoms with van der Waals surface area (Å²) >= 11 is 3.19. The van der Waals surface area contributed by atoms with Crippen molar-refractivity contribution in [3.63, 3.8) is 0 Å². The average molecular weight is 437 g/mol. The molecule has 0 bridgehead atoms. The molecule has 0 saturated carbocycles. The molecule has 27 heavy (non-hydrogen) atoms. The number of nitriles is 1. The van der Waals surface area contributed by atoms with Gasteiger partial charge in [0.2, 0.25) is 0 Å². The third-order valence-corrected chi connectivity index (χ3v) is 4.18. The van der Waals surface area contributed by atoms with Crippen molar-refractivity contribution in [3.8, 4) is 6.07 Å². The Hall–Kier alpha value is -3.26. The molecule has 0 saturated heterocycles. The number of oxime groups is 1. The summed E-state index contributed by atoms with van der Waals surface area (Å²) in [6.45, 7) is 2.00. The Bertz CT molecular complexity index is 979. The van der Waals surface area contributed by atoms with Crippen LogP contribution in [-0.2, 0) is 11.8 Å². The summed E-state index contributed by atoms with van der Waals surface area (Å²) in [6, 6.07) is 5.23. The van der Waals surface area contributed by atoms with Crippen molar-refractivity contribution < 1.29 is 19.2 Å². The van der Waals surface area contributed by atoms with Gasteiger partial charge in [0.05, 0.1) is 10.0 Å². The maximum Gasteiger partial charge on any atom is 0.275 e. The molecule has 0 atom stereocenters. The molecule has 0 aliphatic rings. The second-order valence-electron chi connectivity index (χ2n) is 5.20. The lowest BCUT2D eigenvalue weighted by molar-refractivity contribution is -0.114. The monoisotopic (exact) mass is 436 g/mol. The van der Waals surface area contributed by atoms with Gasteiger partial charge in [0.25, 0.3) is 11.8 Å². The number of halogens is 2. The molecule has 2 amide bonds. The fourth-order valence-corrected chi connectivity index (χ4v) is 2.92. The standard InChI is InChI=1S/C16H14BrFN6O3/c1-3-20-15(25)13(23-27)12-11(17)14(24(2)22-12)16(26)21-9-4-5-10(18)8(6-9)7-19/h4-6,27H,3H2,1-2H3,(H,20,25)(H,21,26)/b23-13+. The van der Waals surface area contributed by atoms with Crippen LogP contribution in [0.25, 0.3) is 0 Å². The molecule has 1 aromatic heterocycles. The Balaban J connectivity index is 2.37. The second kappa shape index (κ2) is 8.41. The predicted octanol–water partition coefficient (Wildman–Crippen LogP) is 1.76. The van der Waals surface area contributed by atoms with Gasteiger partial charge in [0.15, 0.2) is 5.71 Å². The lowest BCUT2D eigenvalue weighted by Crippen LogP contribution is -2.32. The van der Waals surface area contributed by atoms with E-state index in [1.165, 1.54) is 23.9 Å². The highest BCUT2D eigenvalue weighted by Crippen LogP contribution is 2.24. The van der Waals surface area contributed by atoms with Crippen LogP contribution in [0.1, 0.15) is 28.7 Å². The predicted molar refractivity (Wildman–Crippen MR) is 97.0 cm³/mol. The number of likely N-dealkylation sites (N-methyl/N-ethyl adjacent to an activating group) is 1. The first-order chi connectivity index (χ1) is 12.8. The van der Waals surface area contributed by atoms with Crippen molar-refractivity contribution in [3.05, 3.63) is 45.4 Å². The molecule has 2 aromatic rings. The molecule has 11 heteroatoms. The second-order valence-corrected chi connectivity index (χ2v) is 6.00. The molecule has 140 valence electrons. The number of hydrogen-bond donors (Lipinski definition) is 3. The molecular weight excluding hydrogens is 423 g/mol. The number of amides is 2.